The molecule has 0 aromatic heterocycles. The highest BCUT2D eigenvalue weighted by Gasteiger charge is 2.43. The van der Waals surface area contributed by atoms with E-state index in [0.29, 0.717) is 16.9 Å². The van der Waals surface area contributed by atoms with Crippen molar-refractivity contribution < 1.29 is 0 Å². The molecule has 1 fully saturated rings. The number of likely N-dealkylation sites (tertiary alicyclic amines) is 1. The first-order valence-electron chi connectivity index (χ1n) is 5.75. The largest absolute Gasteiger partial charge is 0.330 e. The van der Waals surface area contributed by atoms with Crippen LogP contribution in [-0.2, 0) is 0 Å². The summed E-state index contributed by atoms with van der Waals surface area (Å²) in [5, 5.41) is 0. The average Bonchev–Trinajstić information content (AvgIpc) is 2.09. The van der Waals surface area contributed by atoms with E-state index >= 15 is 0 Å². The van der Waals surface area contributed by atoms with Crippen molar-refractivity contribution in [2.45, 2.75) is 46.1 Å². The average molecular weight is 198 g/mol. The van der Waals surface area contributed by atoms with E-state index in [-0.39, 0.29) is 0 Å². The third kappa shape index (κ3) is 1.96. The van der Waals surface area contributed by atoms with Crippen LogP contribution in [0.25, 0.3) is 0 Å². The number of rotatable bonds is 2. The molecule has 1 aliphatic heterocycles. The van der Waals surface area contributed by atoms with Crippen molar-refractivity contribution in [3.05, 3.63) is 0 Å². The van der Waals surface area contributed by atoms with Crippen molar-refractivity contribution in [2.75, 3.05) is 20.1 Å². The van der Waals surface area contributed by atoms with Gasteiger partial charge in [-0.25, -0.2) is 0 Å². The second-order valence-electron chi connectivity index (χ2n) is 5.88. The lowest BCUT2D eigenvalue weighted by Crippen LogP contribution is -2.55. The molecule has 0 amide bonds. The van der Waals surface area contributed by atoms with Gasteiger partial charge in [-0.2, -0.15) is 0 Å². The van der Waals surface area contributed by atoms with Gasteiger partial charge in [-0.3, -0.25) is 0 Å². The van der Waals surface area contributed by atoms with Gasteiger partial charge in [0.1, 0.15) is 0 Å². The van der Waals surface area contributed by atoms with E-state index in [2.05, 4.69) is 39.6 Å². The molecular weight excluding hydrogens is 172 g/mol. The molecule has 0 aromatic carbocycles. The number of nitrogens with two attached hydrogens (primary N) is 1. The molecule has 0 spiro atoms. The minimum Gasteiger partial charge on any atom is -0.330 e. The van der Waals surface area contributed by atoms with Gasteiger partial charge in [0.15, 0.2) is 0 Å². The van der Waals surface area contributed by atoms with Gasteiger partial charge in [-0.05, 0) is 58.2 Å². The molecule has 2 heteroatoms. The number of piperidine rings is 1. The lowest BCUT2D eigenvalue weighted by Gasteiger charge is -2.52. The topological polar surface area (TPSA) is 29.3 Å². The Morgan fingerprint density at radius 3 is 2.29 bits per heavy atom. The van der Waals surface area contributed by atoms with Crippen LogP contribution in [-0.4, -0.2) is 30.6 Å². The monoisotopic (exact) mass is 198 g/mol. The van der Waals surface area contributed by atoms with Crippen LogP contribution in [0.5, 0.6) is 0 Å². The first-order chi connectivity index (χ1) is 6.34. The summed E-state index contributed by atoms with van der Waals surface area (Å²) in [7, 11) is 2.22. The Morgan fingerprint density at radius 2 is 1.93 bits per heavy atom. The SMILES string of the molecule is CC(C)C1(CN)CCN(C)C(C)(C)C1. The van der Waals surface area contributed by atoms with E-state index in [0.717, 1.165) is 6.54 Å². The first-order valence-corrected chi connectivity index (χ1v) is 5.75. The Balaban J connectivity index is 2.83. The van der Waals surface area contributed by atoms with Gasteiger partial charge >= 0.3 is 0 Å². The van der Waals surface area contributed by atoms with Crippen LogP contribution in [0.2, 0.25) is 0 Å². The molecule has 0 aliphatic carbocycles. The third-order valence-corrected chi connectivity index (χ3v) is 4.39. The van der Waals surface area contributed by atoms with Crippen LogP contribution in [0.4, 0.5) is 0 Å². The Morgan fingerprint density at radius 1 is 1.36 bits per heavy atom. The van der Waals surface area contributed by atoms with E-state index in [1.54, 1.807) is 0 Å². The van der Waals surface area contributed by atoms with Crippen LogP contribution >= 0.6 is 0 Å². The highest BCUT2D eigenvalue weighted by molar-refractivity contribution is 4.97. The summed E-state index contributed by atoms with van der Waals surface area (Å²) >= 11 is 0. The van der Waals surface area contributed by atoms with Gasteiger partial charge in [-0.1, -0.05) is 13.8 Å². The van der Waals surface area contributed by atoms with E-state index in [4.69, 9.17) is 5.73 Å². The molecular formula is C12H26N2. The van der Waals surface area contributed by atoms with Crippen LogP contribution in [0, 0.1) is 11.3 Å². The fourth-order valence-corrected chi connectivity index (χ4v) is 2.68. The van der Waals surface area contributed by atoms with Crippen molar-refractivity contribution >= 4 is 0 Å². The van der Waals surface area contributed by atoms with Crippen LogP contribution in [0.3, 0.4) is 0 Å². The van der Waals surface area contributed by atoms with Gasteiger partial charge in [0.2, 0.25) is 0 Å². The van der Waals surface area contributed by atoms with Crippen molar-refractivity contribution in [3.63, 3.8) is 0 Å². The van der Waals surface area contributed by atoms with E-state index in [1.165, 1.54) is 19.4 Å². The summed E-state index contributed by atoms with van der Waals surface area (Å²) in [5.41, 5.74) is 6.67. The molecule has 2 N–H and O–H groups in total. The molecule has 1 heterocycles. The van der Waals surface area contributed by atoms with Gasteiger partial charge in [-0.15, -0.1) is 0 Å². The minimum absolute atomic E-state index is 0.307. The molecule has 84 valence electrons. The fraction of sp³-hybridized carbons (Fsp3) is 1.00. The maximum atomic E-state index is 5.99. The smallest absolute Gasteiger partial charge is 0.0156 e. The standard InChI is InChI=1S/C12H26N2/c1-10(2)12(9-13)6-7-14(5)11(3,4)8-12/h10H,6-9,13H2,1-5H3. The second-order valence-corrected chi connectivity index (χ2v) is 5.88. The highest BCUT2D eigenvalue weighted by atomic mass is 15.2. The predicted octanol–water partition coefficient (Wildman–Crippen LogP) is 2.09. The maximum absolute atomic E-state index is 5.99. The molecule has 1 unspecified atom stereocenters. The summed E-state index contributed by atoms with van der Waals surface area (Å²) < 4.78 is 0. The fourth-order valence-electron chi connectivity index (χ4n) is 2.68. The first kappa shape index (κ1) is 12.0. The minimum atomic E-state index is 0.307. The van der Waals surface area contributed by atoms with Crippen molar-refractivity contribution in [3.8, 4) is 0 Å². The number of nitrogens with zero attached hydrogens (tertiary/aromatic N) is 1. The predicted molar refractivity (Wildman–Crippen MR) is 62.3 cm³/mol. The molecule has 0 bridgehead atoms. The van der Waals surface area contributed by atoms with Gasteiger partial charge in [0, 0.05) is 5.54 Å². The molecule has 2 nitrogen and oxygen atoms in total. The van der Waals surface area contributed by atoms with Crippen LogP contribution in [0.1, 0.15) is 40.5 Å². The summed E-state index contributed by atoms with van der Waals surface area (Å²) in [6.45, 7) is 11.3. The Bertz CT molecular complexity index is 198. The molecule has 0 radical (unpaired) electrons. The summed E-state index contributed by atoms with van der Waals surface area (Å²) in [6, 6.07) is 0. The van der Waals surface area contributed by atoms with Gasteiger partial charge < -0.3 is 10.6 Å². The lowest BCUT2D eigenvalue weighted by atomic mass is 9.65. The zero-order valence-corrected chi connectivity index (χ0v) is 10.4. The normalized spacial score (nSPS) is 33.6. The Labute approximate surface area is 88.8 Å². The Hall–Kier alpha value is -0.0800. The summed E-state index contributed by atoms with van der Waals surface area (Å²) in [6.07, 6.45) is 2.48. The van der Waals surface area contributed by atoms with Crippen molar-refractivity contribution in [2.24, 2.45) is 17.1 Å². The molecule has 0 saturated carbocycles. The lowest BCUT2D eigenvalue weighted by molar-refractivity contribution is -0.00716. The number of hydrogen-bond acceptors (Lipinski definition) is 2. The number of hydrogen-bond donors (Lipinski definition) is 1. The van der Waals surface area contributed by atoms with E-state index in [1.807, 2.05) is 0 Å². The van der Waals surface area contributed by atoms with Crippen LogP contribution in [0.15, 0.2) is 0 Å². The molecule has 1 rings (SSSR count). The van der Waals surface area contributed by atoms with Crippen molar-refractivity contribution in [1.29, 1.82) is 0 Å². The molecule has 1 atom stereocenters. The molecule has 1 aliphatic rings. The van der Waals surface area contributed by atoms with Gasteiger partial charge in [0.05, 0.1) is 0 Å². The van der Waals surface area contributed by atoms with Crippen LogP contribution < -0.4 is 5.73 Å². The summed E-state index contributed by atoms with van der Waals surface area (Å²) in [4.78, 5) is 2.46. The third-order valence-electron chi connectivity index (χ3n) is 4.39. The molecule has 0 aromatic rings. The van der Waals surface area contributed by atoms with Crippen molar-refractivity contribution in [1.82, 2.24) is 4.90 Å². The maximum Gasteiger partial charge on any atom is 0.0156 e. The zero-order valence-electron chi connectivity index (χ0n) is 10.4. The molecule has 1 saturated heterocycles. The van der Waals surface area contributed by atoms with E-state index < -0.39 is 0 Å². The highest BCUT2D eigenvalue weighted by Crippen LogP contribution is 2.43. The Kier molecular flexibility index (Phi) is 3.27. The summed E-state index contributed by atoms with van der Waals surface area (Å²) in [5.74, 6) is 0.695. The zero-order chi connectivity index (χ0) is 11.0. The van der Waals surface area contributed by atoms with E-state index in [9.17, 15) is 0 Å². The van der Waals surface area contributed by atoms with Gasteiger partial charge in [0.25, 0.3) is 0 Å². The second kappa shape index (κ2) is 3.82. The molecule has 14 heavy (non-hydrogen) atoms. The quantitative estimate of drug-likeness (QED) is 0.736.